The van der Waals surface area contributed by atoms with Gasteiger partial charge >= 0.3 is 0 Å². The Balaban J connectivity index is 1.65. The van der Waals surface area contributed by atoms with Crippen LogP contribution in [0.15, 0.2) is 59.1 Å². The number of hydrogen-bond donors (Lipinski definition) is 2. The van der Waals surface area contributed by atoms with E-state index in [1.54, 1.807) is 37.4 Å². The SMILES string of the molecule is CCN(CC(=O)Nc1ccc(OC)cc1)C(=O)c1cc(-c2ccc(Br)cc2)n[nH]1. The Labute approximate surface area is 177 Å². The number of aromatic amines is 1. The van der Waals surface area contributed by atoms with E-state index < -0.39 is 0 Å². The molecule has 2 N–H and O–H groups in total. The smallest absolute Gasteiger partial charge is 0.272 e. The van der Waals surface area contributed by atoms with Crippen molar-refractivity contribution in [3.8, 4) is 17.0 Å². The summed E-state index contributed by atoms with van der Waals surface area (Å²) in [5.74, 6) is 0.139. The Bertz CT molecular complexity index is 984. The van der Waals surface area contributed by atoms with Crippen LogP contribution in [0.2, 0.25) is 0 Å². The number of methoxy groups -OCH3 is 1. The van der Waals surface area contributed by atoms with Crippen LogP contribution in [0.25, 0.3) is 11.3 Å². The van der Waals surface area contributed by atoms with Gasteiger partial charge in [-0.3, -0.25) is 14.7 Å². The molecule has 0 atom stereocenters. The van der Waals surface area contributed by atoms with Gasteiger partial charge in [-0.25, -0.2) is 0 Å². The number of likely N-dealkylation sites (N-methyl/N-ethyl adjacent to an activating group) is 1. The van der Waals surface area contributed by atoms with E-state index in [1.807, 2.05) is 31.2 Å². The van der Waals surface area contributed by atoms with Crippen molar-refractivity contribution in [2.24, 2.45) is 0 Å². The number of carbonyl (C=O) groups is 2. The zero-order valence-corrected chi connectivity index (χ0v) is 17.7. The lowest BCUT2D eigenvalue weighted by atomic mass is 10.1. The Morgan fingerprint density at radius 3 is 2.45 bits per heavy atom. The van der Waals surface area contributed by atoms with Gasteiger partial charge in [-0.1, -0.05) is 28.1 Å². The second kappa shape index (κ2) is 9.38. The summed E-state index contributed by atoms with van der Waals surface area (Å²) < 4.78 is 6.06. The summed E-state index contributed by atoms with van der Waals surface area (Å²) in [6.45, 7) is 2.15. The molecule has 150 valence electrons. The Hall–Kier alpha value is -3.13. The first-order valence-electron chi connectivity index (χ1n) is 9.04. The normalized spacial score (nSPS) is 10.4. The van der Waals surface area contributed by atoms with Crippen LogP contribution in [0, 0.1) is 0 Å². The highest BCUT2D eigenvalue weighted by atomic mass is 79.9. The minimum Gasteiger partial charge on any atom is -0.497 e. The number of hydrogen-bond acceptors (Lipinski definition) is 4. The lowest BCUT2D eigenvalue weighted by molar-refractivity contribution is -0.116. The first kappa shape index (κ1) is 20.6. The van der Waals surface area contributed by atoms with E-state index in [0.29, 0.717) is 29.4 Å². The minimum atomic E-state index is -0.284. The van der Waals surface area contributed by atoms with Gasteiger partial charge in [-0.05, 0) is 49.4 Å². The molecular weight excluding hydrogens is 436 g/mol. The van der Waals surface area contributed by atoms with Crippen LogP contribution in [-0.2, 0) is 4.79 Å². The summed E-state index contributed by atoms with van der Waals surface area (Å²) in [6.07, 6.45) is 0. The fraction of sp³-hybridized carbons (Fsp3) is 0.190. The zero-order valence-electron chi connectivity index (χ0n) is 16.1. The molecule has 0 fully saturated rings. The van der Waals surface area contributed by atoms with Gasteiger partial charge in [-0.15, -0.1) is 0 Å². The van der Waals surface area contributed by atoms with Crippen LogP contribution in [0.4, 0.5) is 5.69 Å². The quantitative estimate of drug-likeness (QED) is 0.563. The number of nitrogens with one attached hydrogen (secondary N) is 2. The number of aromatic nitrogens is 2. The van der Waals surface area contributed by atoms with Gasteiger partial charge in [0.15, 0.2) is 0 Å². The van der Waals surface area contributed by atoms with E-state index in [0.717, 1.165) is 10.0 Å². The van der Waals surface area contributed by atoms with Crippen molar-refractivity contribution in [1.82, 2.24) is 15.1 Å². The number of carbonyl (C=O) groups excluding carboxylic acids is 2. The number of ether oxygens (including phenoxy) is 1. The predicted molar refractivity (Wildman–Crippen MR) is 115 cm³/mol. The molecular formula is C21H21BrN4O3. The van der Waals surface area contributed by atoms with Gasteiger partial charge in [0.05, 0.1) is 12.8 Å². The molecule has 3 aromatic rings. The Morgan fingerprint density at radius 2 is 1.83 bits per heavy atom. The molecule has 0 saturated carbocycles. The van der Waals surface area contributed by atoms with Gasteiger partial charge in [-0.2, -0.15) is 5.10 Å². The fourth-order valence-corrected chi connectivity index (χ4v) is 3.01. The molecule has 0 aliphatic rings. The van der Waals surface area contributed by atoms with E-state index in [-0.39, 0.29) is 18.4 Å². The third kappa shape index (κ3) is 5.23. The maximum atomic E-state index is 12.8. The molecule has 0 radical (unpaired) electrons. The number of benzene rings is 2. The molecule has 1 heterocycles. The fourth-order valence-electron chi connectivity index (χ4n) is 2.75. The van der Waals surface area contributed by atoms with Gasteiger partial charge < -0.3 is 15.0 Å². The third-order valence-corrected chi connectivity index (χ3v) is 4.85. The maximum absolute atomic E-state index is 12.8. The molecule has 2 aromatic carbocycles. The van der Waals surface area contributed by atoms with Crippen LogP contribution in [0.5, 0.6) is 5.75 Å². The molecule has 0 saturated heterocycles. The van der Waals surface area contributed by atoms with Crippen LogP contribution in [0.1, 0.15) is 17.4 Å². The molecule has 0 spiro atoms. The van der Waals surface area contributed by atoms with Crippen molar-refractivity contribution in [3.05, 3.63) is 64.8 Å². The zero-order chi connectivity index (χ0) is 20.8. The number of H-pyrrole nitrogens is 1. The van der Waals surface area contributed by atoms with E-state index >= 15 is 0 Å². The highest BCUT2D eigenvalue weighted by molar-refractivity contribution is 9.10. The van der Waals surface area contributed by atoms with Crippen molar-refractivity contribution in [1.29, 1.82) is 0 Å². The van der Waals surface area contributed by atoms with Crippen molar-refractivity contribution in [2.45, 2.75) is 6.92 Å². The van der Waals surface area contributed by atoms with Crippen LogP contribution < -0.4 is 10.1 Å². The van der Waals surface area contributed by atoms with E-state index in [2.05, 4.69) is 31.4 Å². The summed E-state index contributed by atoms with van der Waals surface area (Å²) in [5, 5.41) is 9.77. The monoisotopic (exact) mass is 456 g/mol. The summed E-state index contributed by atoms with van der Waals surface area (Å²) >= 11 is 3.40. The average Bonchev–Trinajstić information content (AvgIpc) is 3.23. The van der Waals surface area contributed by atoms with Crippen LogP contribution in [-0.4, -0.2) is 47.1 Å². The minimum absolute atomic E-state index is 0.0615. The lowest BCUT2D eigenvalue weighted by Crippen LogP contribution is -2.38. The number of nitrogens with zero attached hydrogens (tertiary/aromatic N) is 2. The molecule has 1 aromatic heterocycles. The molecule has 2 amide bonds. The van der Waals surface area contributed by atoms with E-state index in [4.69, 9.17) is 4.74 Å². The van der Waals surface area contributed by atoms with Gasteiger partial charge in [0, 0.05) is 22.3 Å². The molecule has 0 aliphatic carbocycles. The maximum Gasteiger partial charge on any atom is 0.272 e. The number of rotatable bonds is 7. The highest BCUT2D eigenvalue weighted by Gasteiger charge is 2.20. The van der Waals surface area contributed by atoms with Crippen LogP contribution >= 0.6 is 15.9 Å². The Kier molecular flexibility index (Phi) is 6.66. The molecule has 0 bridgehead atoms. The summed E-state index contributed by atoms with van der Waals surface area (Å²) in [7, 11) is 1.58. The largest absolute Gasteiger partial charge is 0.497 e. The van der Waals surface area contributed by atoms with Gasteiger partial charge in [0.25, 0.3) is 5.91 Å². The molecule has 0 aliphatic heterocycles. The predicted octanol–water partition coefficient (Wildman–Crippen LogP) is 3.95. The Morgan fingerprint density at radius 1 is 1.14 bits per heavy atom. The van der Waals surface area contributed by atoms with E-state index in [1.165, 1.54) is 4.90 Å². The van der Waals surface area contributed by atoms with Gasteiger partial charge in [0.2, 0.25) is 5.91 Å². The first-order valence-corrected chi connectivity index (χ1v) is 9.84. The topological polar surface area (TPSA) is 87.3 Å². The van der Waals surface area contributed by atoms with Crippen molar-refractivity contribution in [3.63, 3.8) is 0 Å². The number of halogens is 1. The first-order chi connectivity index (χ1) is 14.0. The summed E-state index contributed by atoms with van der Waals surface area (Å²) in [5.41, 5.74) is 2.53. The molecule has 8 heteroatoms. The standard InChI is InChI=1S/C21H21BrN4O3/c1-3-26(13-20(27)23-16-8-10-17(29-2)11-9-16)21(28)19-12-18(24-25-19)14-4-6-15(22)7-5-14/h4-12H,3,13H2,1-2H3,(H,23,27)(H,24,25). The van der Waals surface area contributed by atoms with Crippen LogP contribution in [0.3, 0.4) is 0 Å². The summed E-state index contributed by atoms with van der Waals surface area (Å²) in [4.78, 5) is 26.6. The number of anilines is 1. The summed E-state index contributed by atoms with van der Waals surface area (Å²) in [6, 6.07) is 16.3. The third-order valence-electron chi connectivity index (χ3n) is 4.33. The highest BCUT2D eigenvalue weighted by Crippen LogP contribution is 2.21. The molecule has 7 nitrogen and oxygen atoms in total. The molecule has 29 heavy (non-hydrogen) atoms. The van der Waals surface area contributed by atoms with Gasteiger partial charge in [0.1, 0.15) is 18.0 Å². The van der Waals surface area contributed by atoms with E-state index in [9.17, 15) is 9.59 Å². The molecule has 0 unspecified atom stereocenters. The molecule has 3 rings (SSSR count). The van der Waals surface area contributed by atoms with Crippen molar-refractivity contribution in [2.75, 3.05) is 25.5 Å². The average molecular weight is 457 g/mol. The second-order valence-electron chi connectivity index (χ2n) is 6.27. The second-order valence-corrected chi connectivity index (χ2v) is 7.19. The van der Waals surface area contributed by atoms with Crippen molar-refractivity contribution < 1.29 is 14.3 Å². The number of amides is 2. The van der Waals surface area contributed by atoms with Crippen molar-refractivity contribution >= 4 is 33.4 Å². The lowest BCUT2D eigenvalue weighted by Gasteiger charge is -2.19.